The van der Waals surface area contributed by atoms with Crippen LogP contribution in [0.3, 0.4) is 0 Å². The van der Waals surface area contributed by atoms with Gasteiger partial charge in [-0.05, 0) is 49.3 Å². The Labute approximate surface area is 155 Å². The van der Waals surface area contributed by atoms with Crippen molar-refractivity contribution >= 4 is 5.97 Å². The van der Waals surface area contributed by atoms with Gasteiger partial charge in [-0.3, -0.25) is 0 Å². The van der Waals surface area contributed by atoms with Crippen LogP contribution in [-0.4, -0.2) is 12.5 Å². The van der Waals surface area contributed by atoms with Gasteiger partial charge in [0.25, 0.3) is 0 Å². The van der Waals surface area contributed by atoms with Crippen LogP contribution >= 0.6 is 0 Å². The Bertz CT molecular complexity index is 694. The summed E-state index contributed by atoms with van der Waals surface area (Å²) in [5.74, 6) is 0.404. The molecule has 0 radical (unpaired) electrons. The molecular weight excluding hydrogens is 326 g/mol. The molecule has 2 N–H and O–H groups in total. The van der Waals surface area contributed by atoms with Crippen molar-refractivity contribution in [3.63, 3.8) is 0 Å². The van der Waals surface area contributed by atoms with Gasteiger partial charge in [0, 0.05) is 17.5 Å². The zero-order chi connectivity index (χ0) is 18.2. The summed E-state index contributed by atoms with van der Waals surface area (Å²) in [7, 11) is 0. The van der Waals surface area contributed by atoms with Crippen molar-refractivity contribution in [2.75, 3.05) is 6.54 Å². The Hall–Kier alpha value is -2.33. The van der Waals surface area contributed by atoms with Gasteiger partial charge in [0.2, 0.25) is 0 Å². The van der Waals surface area contributed by atoms with Gasteiger partial charge in [0.15, 0.2) is 0 Å². The smallest absolute Gasteiger partial charge is 0.120 e. The van der Waals surface area contributed by atoms with E-state index in [4.69, 9.17) is 4.74 Å². The molecule has 0 saturated heterocycles. The highest BCUT2D eigenvalue weighted by Gasteiger charge is 2.22. The van der Waals surface area contributed by atoms with Crippen molar-refractivity contribution in [2.45, 2.75) is 38.8 Å². The van der Waals surface area contributed by atoms with Crippen LogP contribution in [0, 0.1) is 11.8 Å². The Morgan fingerprint density at radius 3 is 2.46 bits per heavy atom. The molecule has 1 fully saturated rings. The molecule has 0 atom stereocenters. The van der Waals surface area contributed by atoms with Gasteiger partial charge in [-0.25, -0.2) is 0 Å². The van der Waals surface area contributed by atoms with E-state index in [1.54, 1.807) is 0 Å². The van der Waals surface area contributed by atoms with E-state index < -0.39 is 5.97 Å². The van der Waals surface area contributed by atoms with Gasteiger partial charge in [0.1, 0.15) is 18.9 Å². The summed E-state index contributed by atoms with van der Waals surface area (Å²) in [6, 6.07) is 18.4. The van der Waals surface area contributed by atoms with Crippen LogP contribution in [0.5, 0.6) is 5.75 Å². The molecule has 4 heteroatoms. The zero-order valence-electron chi connectivity index (χ0n) is 15.1. The van der Waals surface area contributed by atoms with Gasteiger partial charge in [-0.1, -0.05) is 42.5 Å². The summed E-state index contributed by atoms with van der Waals surface area (Å²) in [5.41, 5.74) is 2.41. The topological polar surface area (TPSA) is 66.0 Å². The average molecular weight is 353 g/mol. The van der Waals surface area contributed by atoms with Gasteiger partial charge >= 0.3 is 0 Å². The molecule has 0 amide bonds. The molecule has 0 spiro atoms. The van der Waals surface area contributed by atoms with Crippen LogP contribution in [0.25, 0.3) is 0 Å². The lowest BCUT2D eigenvalue weighted by molar-refractivity contribution is -0.676. The fourth-order valence-corrected chi connectivity index (χ4v) is 3.62. The number of carbonyl (C=O) groups excluding carboxylic acids is 1. The molecule has 0 unspecified atom stereocenters. The summed E-state index contributed by atoms with van der Waals surface area (Å²) in [6.45, 7) is 2.55. The molecule has 0 aromatic heterocycles. The zero-order valence-corrected chi connectivity index (χ0v) is 15.1. The first-order valence-electron chi connectivity index (χ1n) is 9.49. The number of hydrogen-bond acceptors (Lipinski definition) is 3. The van der Waals surface area contributed by atoms with Crippen molar-refractivity contribution in [2.24, 2.45) is 11.8 Å². The van der Waals surface area contributed by atoms with E-state index in [9.17, 15) is 9.90 Å². The molecule has 1 saturated carbocycles. The second-order valence-electron chi connectivity index (χ2n) is 7.19. The van der Waals surface area contributed by atoms with E-state index in [0.717, 1.165) is 50.1 Å². The number of carboxylic acids is 1. The summed E-state index contributed by atoms with van der Waals surface area (Å²) in [5, 5.41) is 13.2. The Kier molecular flexibility index (Phi) is 6.67. The summed E-state index contributed by atoms with van der Waals surface area (Å²) in [6.07, 6.45) is 3.53. The lowest BCUT2D eigenvalue weighted by atomic mass is 9.82. The van der Waals surface area contributed by atoms with Crippen molar-refractivity contribution in [1.82, 2.24) is 0 Å². The number of carboxylic acid groups (broad SMARTS) is 1. The van der Waals surface area contributed by atoms with E-state index in [1.165, 1.54) is 5.56 Å². The van der Waals surface area contributed by atoms with Crippen LogP contribution in [0.2, 0.25) is 0 Å². The van der Waals surface area contributed by atoms with Gasteiger partial charge in [0.05, 0.1) is 6.54 Å². The summed E-state index contributed by atoms with van der Waals surface area (Å²) < 4.78 is 5.89. The SMILES string of the molecule is O=C([O-])C1CCC(C[NH2+]Cc2cccc(OCc3ccccc3)c2)CC1. The molecule has 0 bridgehead atoms. The number of rotatable bonds is 8. The van der Waals surface area contributed by atoms with E-state index in [1.807, 2.05) is 30.3 Å². The molecule has 1 aliphatic rings. The van der Waals surface area contributed by atoms with Crippen molar-refractivity contribution < 1.29 is 20.0 Å². The van der Waals surface area contributed by atoms with Crippen molar-refractivity contribution in [1.29, 1.82) is 0 Å². The predicted molar refractivity (Wildman–Crippen MR) is 98.2 cm³/mol. The minimum atomic E-state index is -0.875. The third-order valence-electron chi connectivity index (χ3n) is 5.21. The largest absolute Gasteiger partial charge is 0.550 e. The standard InChI is InChI=1S/C22H27NO3/c24-22(25)20-11-9-17(10-12-20)14-23-15-19-7-4-8-21(13-19)26-16-18-5-2-1-3-6-18/h1-8,13,17,20,23H,9-12,14-16H2,(H,24,25). The van der Waals surface area contributed by atoms with Gasteiger partial charge in [-0.2, -0.15) is 0 Å². The van der Waals surface area contributed by atoms with Gasteiger partial charge < -0.3 is 20.0 Å². The first kappa shape index (κ1) is 18.5. The highest BCUT2D eigenvalue weighted by Crippen LogP contribution is 2.27. The molecule has 138 valence electrons. The quantitative estimate of drug-likeness (QED) is 0.788. The van der Waals surface area contributed by atoms with E-state index in [-0.39, 0.29) is 5.92 Å². The number of nitrogens with two attached hydrogens (primary N) is 1. The summed E-state index contributed by atoms with van der Waals surface area (Å²) >= 11 is 0. The summed E-state index contributed by atoms with van der Waals surface area (Å²) in [4.78, 5) is 10.9. The van der Waals surface area contributed by atoms with Crippen LogP contribution in [0.15, 0.2) is 54.6 Å². The van der Waals surface area contributed by atoms with Crippen molar-refractivity contribution in [3.05, 3.63) is 65.7 Å². The second-order valence-corrected chi connectivity index (χ2v) is 7.19. The first-order valence-corrected chi connectivity index (χ1v) is 9.49. The minimum absolute atomic E-state index is 0.232. The number of carbonyl (C=O) groups is 1. The molecule has 1 aliphatic carbocycles. The number of quaternary nitrogens is 1. The molecule has 0 heterocycles. The van der Waals surface area contributed by atoms with E-state index >= 15 is 0 Å². The monoisotopic (exact) mass is 353 g/mol. The minimum Gasteiger partial charge on any atom is -0.550 e. The van der Waals surface area contributed by atoms with Crippen LogP contribution in [0.1, 0.15) is 36.8 Å². The Balaban J connectivity index is 1.41. The molecule has 26 heavy (non-hydrogen) atoms. The first-order chi connectivity index (χ1) is 12.7. The predicted octanol–water partition coefficient (Wildman–Crippen LogP) is 1.89. The number of hydrogen-bond donors (Lipinski definition) is 1. The molecule has 2 aromatic carbocycles. The van der Waals surface area contributed by atoms with Gasteiger partial charge in [-0.15, -0.1) is 0 Å². The lowest BCUT2D eigenvalue weighted by Crippen LogP contribution is -2.84. The fraction of sp³-hybridized carbons (Fsp3) is 0.409. The lowest BCUT2D eigenvalue weighted by Gasteiger charge is -2.27. The Morgan fingerprint density at radius 2 is 1.73 bits per heavy atom. The highest BCUT2D eigenvalue weighted by atomic mass is 16.5. The molecular formula is C22H27NO3. The average Bonchev–Trinajstić information content (AvgIpc) is 2.68. The van der Waals surface area contributed by atoms with E-state index in [2.05, 4.69) is 29.6 Å². The highest BCUT2D eigenvalue weighted by molar-refractivity contribution is 5.67. The number of benzene rings is 2. The van der Waals surface area contributed by atoms with E-state index in [0.29, 0.717) is 12.5 Å². The fourth-order valence-electron chi connectivity index (χ4n) is 3.62. The molecule has 0 aliphatic heterocycles. The maximum Gasteiger partial charge on any atom is 0.120 e. The number of ether oxygens (including phenoxy) is 1. The van der Waals surface area contributed by atoms with Crippen LogP contribution in [0.4, 0.5) is 0 Å². The molecule has 4 nitrogen and oxygen atoms in total. The van der Waals surface area contributed by atoms with Crippen LogP contribution < -0.4 is 15.2 Å². The normalized spacial score (nSPS) is 19.8. The van der Waals surface area contributed by atoms with Crippen LogP contribution in [-0.2, 0) is 17.9 Å². The maximum atomic E-state index is 10.9. The molecule has 3 rings (SSSR count). The third kappa shape index (κ3) is 5.60. The third-order valence-corrected chi connectivity index (χ3v) is 5.21. The Morgan fingerprint density at radius 1 is 1.00 bits per heavy atom. The number of aliphatic carboxylic acids is 1. The molecule has 2 aromatic rings. The van der Waals surface area contributed by atoms with Crippen molar-refractivity contribution in [3.8, 4) is 5.75 Å². The second kappa shape index (κ2) is 9.39. The maximum absolute atomic E-state index is 10.9.